The normalized spacial score (nSPS) is 17.0. The van der Waals surface area contributed by atoms with E-state index in [1.165, 1.54) is 4.90 Å². The molecule has 1 aliphatic rings. The number of aliphatic hydroxyl groups excluding tert-OH is 1. The Balaban J connectivity index is 1.82. The molecule has 3 aromatic rings. The number of carbonyl (C=O) groups excluding carboxylic acids is 2. The van der Waals surface area contributed by atoms with E-state index in [0.29, 0.717) is 41.5 Å². The maximum Gasteiger partial charge on any atom is 0.300 e. The molecule has 1 unspecified atom stereocenters. The molecule has 2 aromatic carbocycles. The lowest BCUT2D eigenvalue weighted by Gasteiger charge is -2.25. The van der Waals surface area contributed by atoms with E-state index < -0.39 is 17.7 Å². The minimum Gasteiger partial charge on any atom is -0.507 e. The van der Waals surface area contributed by atoms with Gasteiger partial charge in [0.25, 0.3) is 11.7 Å². The highest BCUT2D eigenvalue weighted by atomic mass is 16.5. The number of benzene rings is 2. The molecule has 7 heteroatoms. The second-order valence-electron chi connectivity index (χ2n) is 8.21. The Morgan fingerprint density at radius 2 is 1.71 bits per heavy atom. The number of carbonyl (C=O) groups is 2. The van der Waals surface area contributed by atoms with Crippen molar-refractivity contribution in [2.75, 3.05) is 18.1 Å². The standard InChI is InChI=1S/C28H28N2O5/c1-4-16-35-23-11-6-20(17-18(23)3)26(31)24-25(19-12-14-29-15-13-19)30(28(33)27(24)32)21-7-9-22(10-8-21)34-5-2/h6-15,17,25,31H,4-5,16H2,1-3H3/b26-24-. The summed E-state index contributed by atoms with van der Waals surface area (Å²) in [5.74, 6) is -0.318. The first-order valence-corrected chi connectivity index (χ1v) is 11.6. The molecular formula is C28H28N2O5. The van der Waals surface area contributed by atoms with Gasteiger partial charge >= 0.3 is 0 Å². The number of hydrogen-bond donors (Lipinski definition) is 1. The number of aryl methyl sites for hydroxylation is 1. The van der Waals surface area contributed by atoms with Gasteiger partial charge in [0.05, 0.1) is 24.8 Å². The fraction of sp³-hybridized carbons (Fsp3) is 0.250. The molecule has 7 nitrogen and oxygen atoms in total. The third-order valence-corrected chi connectivity index (χ3v) is 5.80. The van der Waals surface area contributed by atoms with Crippen molar-refractivity contribution in [3.05, 3.63) is 89.3 Å². The summed E-state index contributed by atoms with van der Waals surface area (Å²) in [6.07, 6.45) is 4.07. The highest BCUT2D eigenvalue weighted by Gasteiger charge is 2.47. The van der Waals surface area contributed by atoms with Gasteiger partial charge in [0, 0.05) is 23.6 Å². The Labute approximate surface area is 204 Å². The summed E-state index contributed by atoms with van der Waals surface area (Å²) < 4.78 is 11.2. The van der Waals surface area contributed by atoms with Crippen LogP contribution in [0, 0.1) is 6.92 Å². The zero-order valence-electron chi connectivity index (χ0n) is 20.0. The second kappa shape index (κ2) is 10.4. The maximum atomic E-state index is 13.3. The van der Waals surface area contributed by atoms with Crippen molar-refractivity contribution in [3.8, 4) is 11.5 Å². The molecule has 0 spiro atoms. The Bertz CT molecular complexity index is 1250. The number of Topliss-reactive ketones (excluding diaryl/α,β-unsaturated/α-hetero) is 1. The van der Waals surface area contributed by atoms with Gasteiger partial charge in [-0.1, -0.05) is 6.92 Å². The monoisotopic (exact) mass is 472 g/mol. The molecule has 2 heterocycles. The molecule has 1 saturated heterocycles. The number of ether oxygens (including phenoxy) is 2. The number of ketones is 1. The van der Waals surface area contributed by atoms with E-state index in [0.717, 1.165) is 12.0 Å². The Morgan fingerprint density at radius 3 is 2.34 bits per heavy atom. The van der Waals surface area contributed by atoms with Crippen LogP contribution < -0.4 is 14.4 Å². The second-order valence-corrected chi connectivity index (χ2v) is 8.21. The van der Waals surface area contributed by atoms with Gasteiger partial charge in [0.2, 0.25) is 0 Å². The van der Waals surface area contributed by atoms with Crippen LogP contribution in [0.1, 0.15) is 43.0 Å². The van der Waals surface area contributed by atoms with Crippen molar-refractivity contribution in [1.82, 2.24) is 4.98 Å². The highest BCUT2D eigenvalue weighted by molar-refractivity contribution is 6.51. The summed E-state index contributed by atoms with van der Waals surface area (Å²) in [5, 5.41) is 11.3. The first-order chi connectivity index (χ1) is 17.0. The van der Waals surface area contributed by atoms with Gasteiger partial charge in [0.1, 0.15) is 17.3 Å². The Hall–Kier alpha value is -4.13. The SMILES string of the molecule is CCCOc1ccc(/C(O)=C2/C(=O)C(=O)N(c3ccc(OCC)cc3)C2c2ccncc2)cc1C. The topological polar surface area (TPSA) is 89.0 Å². The fourth-order valence-electron chi connectivity index (χ4n) is 4.16. The van der Waals surface area contributed by atoms with E-state index in [9.17, 15) is 14.7 Å². The summed E-state index contributed by atoms with van der Waals surface area (Å²) in [6, 6.07) is 14.8. The van der Waals surface area contributed by atoms with Gasteiger partial charge < -0.3 is 14.6 Å². The van der Waals surface area contributed by atoms with Gasteiger partial charge in [-0.3, -0.25) is 19.5 Å². The van der Waals surface area contributed by atoms with Crippen molar-refractivity contribution in [3.63, 3.8) is 0 Å². The van der Waals surface area contributed by atoms with Crippen LogP contribution in [0.5, 0.6) is 11.5 Å². The zero-order chi connectivity index (χ0) is 24.9. The molecule has 4 rings (SSSR count). The lowest BCUT2D eigenvalue weighted by Crippen LogP contribution is -2.29. The van der Waals surface area contributed by atoms with E-state index in [2.05, 4.69) is 4.98 Å². The van der Waals surface area contributed by atoms with Crippen LogP contribution in [0.25, 0.3) is 5.76 Å². The first-order valence-electron chi connectivity index (χ1n) is 11.6. The van der Waals surface area contributed by atoms with E-state index in [4.69, 9.17) is 9.47 Å². The summed E-state index contributed by atoms with van der Waals surface area (Å²) in [4.78, 5) is 32.0. The number of aliphatic hydroxyl groups is 1. The molecule has 180 valence electrons. The van der Waals surface area contributed by atoms with E-state index >= 15 is 0 Å². The molecule has 0 saturated carbocycles. The van der Waals surface area contributed by atoms with Crippen LogP contribution in [0.4, 0.5) is 5.69 Å². The minimum absolute atomic E-state index is 0.0247. The summed E-state index contributed by atoms with van der Waals surface area (Å²) >= 11 is 0. The quantitative estimate of drug-likeness (QED) is 0.275. The largest absolute Gasteiger partial charge is 0.507 e. The van der Waals surface area contributed by atoms with Crippen LogP contribution in [0.3, 0.4) is 0 Å². The molecule has 1 amide bonds. The zero-order valence-corrected chi connectivity index (χ0v) is 20.0. The Morgan fingerprint density at radius 1 is 1.00 bits per heavy atom. The molecule has 35 heavy (non-hydrogen) atoms. The van der Waals surface area contributed by atoms with Crippen LogP contribution >= 0.6 is 0 Å². The van der Waals surface area contributed by atoms with E-state index in [1.54, 1.807) is 67.0 Å². The smallest absolute Gasteiger partial charge is 0.300 e. The van der Waals surface area contributed by atoms with Crippen molar-refractivity contribution in [2.45, 2.75) is 33.2 Å². The number of hydrogen-bond acceptors (Lipinski definition) is 6. The molecule has 1 N–H and O–H groups in total. The summed E-state index contributed by atoms with van der Waals surface area (Å²) in [6.45, 7) is 6.89. The van der Waals surface area contributed by atoms with Crippen molar-refractivity contribution in [1.29, 1.82) is 0 Å². The molecule has 1 aromatic heterocycles. The average Bonchev–Trinajstić information content (AvgIpc) is 3.14. The fourth-order valence-corrected chi connectivity index (χ4v) is 4.16. The van der Waals surface area contributed by atoms with Gasteiger partial charge in [-0.25, -0.2) is 0 Å². The van der Waals surface area contributed by atoms with Crippen molar-refractivity contribution < 1.29 is 24.2 Å². The predicted octanol–water partition coefficient (Wildman–Crippen LogP) is 5.20. The molecule has 1 atom stereocenters. The number of pyridine rings is 1. The third kappa shape index (κ3) is 4.75. The van der Waals surface area contributed by atoms with Crippen LogP contribution in [0.2, 0.25) is 0 Å². The van der Waals surface area contributed by atoms with E-state index in [-0.39, 0.29) is 11.3 Å². The maximum absolute atomic E-state index is 13.3. The highest BCUT2D eigenvalue weighted by Crippen LogP contribution is 2.42. The van der Waals surface area contributed by atoms with Gasteiger partial charge in [0.15, 0.2) is 0 Å². The number of rotatable bonds is 8. The molecule has 0 aliphatic carbocycles. The Kier molecular flexibility index (Phi) is 7.15. The molecular weight excluding hydrogens is 444 g/mol. The van der Waals surface area contributed by atoms with Crippen LogP contribution in [0.15, 0.2) is 72.6 Å². The molecule has 1 fully saturated rings. The van der Waals surface area contributed by atoms with Crippen LogP contribution in [-0.4, -0.2) is 35.0 Å². The predicted molar refractivity (Wildman–Crippen MR) is 134 cm³/mol. The van der Waals surface area contributed by atoms with Gasteiger partial charge in [-0.2, -0.15) is 0 Å². The lowest BCUT2D eigenvalue weighted by atomic mass is 9.95. The average molecular weight is 473 g/mol. The third-order valence-electron chi connectivity index (χ3n) is 5.80. The van der Waals surface area contributed by atoms with Crippen LogP contribution in [-0.2, 0) is 9.59 Å². The minimum atomic E-state index is -0.813. The number of amides is 1. The first kappa shape index (κ1) is 24.0. The lowest BCUT2D eigenvalue weighted by molar-refractivity contribution is -0.132. The molecule has 0 radical (unpaired) electrons. The summed E-state index contributed by atoms with van der Waals surface area (Å²) in [7, 11) is 0. The number of nitrogens with zero attached hydrogens (tertiary/aromatic N) is 2. The van der Waals surface area contributed by atoms with E-state index in [1.807, 2.05) is 20.8 Å². The molecule has 0 bridgehead atoms. The van der Waals surface area contributed by atoms with Crippen molar-refractivity contribution in [2.24, 2.45) is 0 Å². The van der Waals surface area contributed by atoms with Gasteiger partial charge in [-0.15, -0.1) is 0 Å². The number of aromatic nitrogens is 1. The number of anilines is 1. The van der Waals surface area contributed by atoms with Crippen molar-refractivity contribution >= 4 is 23.1 Å². The molecule has 1 aliphatic heterocycles. The summed E-state index contributed by atoms with van der Waals surface area (Å²) in [5.41, 5.74) is 2.47. The van der Waals surface area contributed by atoms with Gasteiger partial charge in [-0.05, 0) is 86.0 Å².